The molecule has 0 aliphatic heterocycles. The third-order valence-corrected chi connectivity index (χ3v) is 5.96. The average molecular weight is 448 g/mol. The van der Waals surface area contributed by atoms with Gasteiger partial charge in [0.25, 0.3) is 0 Å². The quantitative estimate of drug-likeness (QED) is 0.533. The number of benzene rings is 1. The van der Waals surface area contributed by atoms with Crippen molar-refractivity contribution >= 4 is 16.7 Å². The summed E-state index contributed by atoms with van der Waals surface area (Å²) in [7, 11) is -1.34. The molecule has 2 rings (SSSR count). The van der Waals surface area contributed by atoms with E-state index in [2.05, 4.69) is 42.9 Å². The normalized spacial score (nSPS) is 12.7. The topological polar surface area (TPSA) is 75.4 Å². The van der Waals surface area contributed by atoms with Crippen LogP contribution in [0.5, 0.6) is 0 Å². The minimum atomic E-state index is -1.34. The van der Waals surface area contributed by atoms with Crippen molar-refractivity contribution < 1.29 is 13.4 Å². The maximum Gasteiger partial charge on any atom is 0.232 e. The van der Waals surface area contributed by atoms with Gasteiger partial charge in [0.2, 0.25) is 11.8 Å². The van der Waals surface area contributed by atoms with Crippen LogP contribution in [-0.4, -0.2) is 51.9 Å². The molecule has 0 saturated heterocycles. The number of amides is 1. The molecule has 7 heteroatoms. The molecular weight excluding hydrogens is 410 g/mol. The van der Waals surface area contributed by atoms with Gasteiger partial charge in [0.1, 0.15) is 11.5 Å². The summed E-state index contributed by atoms with van der Waals surface area (Å²) in [6.45, 7) is 16.0. The standard InChI is InChI=1S/C24H37N3O3S/c1-17(2)13-27(14-18(3)4)12-11-25-23(28)16-31(29)15-22-20(6)30-24(26-22)21-9-7-19(5)8-10-21/h7-10,17-18H,11-16H2,1-6H3,(H,25,28)/t31-/m1/s1. The Bertz CT molecular complexity index is 849. The molecule has 1 aromatic heterocycles. The summed E-state index contributed by atoms with van der Waals surface area (Å²) in [5.74, 6) is 2.32. The van der Waals surface area contributed by atoms with E-state index in [4.69, 9.17) is 4.42 Å². The first-order valence-corrected chi connectivity index (χ1v) is 12.5. The second-order valence-electron chi connectivity index (χ2n) is 9.01. The van der Waals surface area contributed by atoms with Gasteiger partial charge in [-0.1, -0.05) is 45.4 Å². The fourth-order valence-electron chi connectivity index (χ4n) is 3.43. The number of hydrogen-bond donors (Lipinski definition) is 1. The Hall–Kier alpha value is -1.99. The Labute approximate surface area is 189 Å². The maximum atomic E-state index is 12.5. The summed E-state index contributed by atoms with van der Waals surface area (Å²) in [5, 5.41) is 2.91. The molecule has 0 unspecified atom stereocenters. The molecule has 172 valence electrons. The van der Waals surface area contributed by atoms with E-state index >= 15 is 0 Å². The lowest BCUT2D eigenvalue weighted by Gasteiger charge is -2.26. The number of aryl methyl sites for hydroxylation is 2. The first kappa shape index (κ1) is 25.3. The van der Waals surface area contributed by atoms with Gasteiger partial charge in [-0.25, -0.2) is 4.98 Å². The lowest BCUT2D eigenvalue weighted by molar-refractivity contribution is -0.118. The number of aromatic nitrogens is 1. The minimum Gasteiger partial charge on any atom is -0.441 e. The Morgan fingerprint density at radius 2 is 1.71 bits per heavy atom. The van der Waals surface area contributed by atoms with E-state index in [1.54, 1.807) is 0 Å². The fourth-order valence-corrected chi connectivity index (χ4v) is 4.50. The lowest BCUT2D eigenvalue weighted by Crippen LogP contribution is -2.39. The van der Waals surface area contributed by atoms with Crippen molar-refractivity contribution in [2.24, 2.45) is 11.8 Å². The van der Waals surface area contributed by atoms with Gasteiger partial charge in [0.15, 0.2) is 0 Å². The highest BCUT2D eigenvalue weighted by molar-refractivity contribution is 7.84. The molecule has 0 bridgehead atoms. The zero-order chi connectivity index (χ0) is 23.0. The maximum absolute atomic E-state index is 12.5. The second-order valence-corrected chi connectivity index (χ2v) is 10.5. The molecule has 0 aliphatic carbocycles. The molecule has 31 heavy (non-hydrogen) atoms. The van der Waals surface area contributed by atoms with Crippen molar-refractivity contribution in [2.75, 3.05) is 31.9 Å². The molecule has 0 fully saturated rings. The lowest BCUT2D eigenvalue weighted by atomic mass is 10.1. The molecule has 1 amide bonds. The summed E-state index contributed by atoms with van der Waals surface area (Å²) >= 11 is 0. The van der Waals surface area contributed by atoms with Crippen LogP contribution in [-0.2, 0) is 21.3 Å². The molecule has 1 heterocycles. The smallest absolute Gasteiger partial charge is 0.232 e. The van der Waals surface area contributed by atoms with Crippen LogP contribution >= 0.6 is 0 Å². The van der Waals surface area contributed by atoms with E-state index in [0.717, 1.165) is 30.8 Å². The first-order valence-electron chi connectivity index (χ1n) is 11.0. The van der Waals surface area contributed by atoms with Crippen LogP contribution in [0.4, 0.5) is 0 Å². The van der Waals surface area contributed by atoms with Crippen LogP contribution in [0.2, 0.25) is 0 Å². The predicted molar refractivity (Wildman–Crippen MR) is 127 cm³/mol. The van der Waals surface area contributed by atoms with Gasteiger partial charge in [-0.3, -0.25) is 9.00 Å². The van der Waals surface area contributed by atoms with Crippen molar-refractivity contribution in [1.29, 1.82) is 0 Å². The summed E-state index contributed by atoms with van der Waals surface area (Å²) in [4.78, 5) is 19.1. The van der Waals surface area contributed by atoms with E-state index < -0.39 is 10.8 Å². The summed E-state index contributed by atoms with van der Waals surface area (Å²) in [6.07, 6.45) is 0. The number of hydrogen-bond acceptors (Lipinski definition) is 5. The zero-order valence-corrected chi connectivity index (χ0v) is 20.6. The van der Waals surface area contributed by atoms with Crippen molar-refractivity contribution in [2.45, 2.75) is 47.3 Å². The number of rotatable bonds is 12. The molecule has 0 radical (unpaired) electrons. The van der Waals surface area contributed by atoms with Gasteiger partial charge < -0.3 is 14.6 Å². The molecular formula is C24H37N3O3S. The number of carbonyl (C=O) groups is 1. The van der Waals surface area contributed by atoms with E-state index in [-0.39, 0.29) is 17.4 Å². The van der Waals surface area contributed by atoms with Gasteiger partial charge in [-0.15, -0.1) is 0 Å². The average Bonchev–Trinajstić information content (AvgIpc) is 3.01. The van der Waals surface area contributed by atoms with Gasteiger partial charge >= 0.3 is 0 Å². The second kappa shape index (κ2) is 12.2. The van der Waals surface area contributed by atoms with Gasteiger partial charge in [0.05, 0.1) is 11.4 Å². The van der Waals surface area contributed by atoms with E-state index in [0.29, 0.717) is 35.7 Å². The summed E-state index contributed by atoms with van der Waals surface area (Å²) in [5.41, 5.74) is 2.69. The van der Waals surface area contributed by atoms with Crippen molar-refractivity contribution in [3.05, 3.63) is 41.3 Å². The van der Waals surface area contributed by atoms with Gasteiger partial charge in [-0.05, 0) is 37.8 Å². The van der Waals surface area contributed by atoms with Crippen LogP contribution in [0.1, 0.15) is 44.7 Å². The van der Waals surface area contributed by atoms with E-state index in [9.17, 15) is 9.00 Å². The summed E-state index contributed by atoms with van der Waals surface area (Å²) in [6, 6.07) is 7.91. The molecule has 1 N–H and O–H groups in total. The third-order valence-electron chi connectivity index (χ3n) is 4.78. The monoisotopic (exact) mass is 447 g/mol. The summed E-state index contributed by atoms with van der Waals surface area (Å²) < 4.78 is 18.3. The van der Waals surface area contributed by atoms with Crippen LogP contribution in [0.25, 0.3) is 11.5 Å². The van der Waals surface area contributed by atoms with Crippen LogP contribution in [0.15, 0.2) is 28.7 Å². The molecule has 1 aromatic carbocycles. The molecule has 0 spiro atoms. The van der Waals surface area contributed by atoms with Crippen LogP contribution < -0.4 is 5.32 Å². The number of nitrogens with zero attached hydrogens (tertiary/aromatic N) is 2. The number of carbonyl (C=O) groups excluding carboxylic acids is 1. The van der Waals surface area contributed by atoms with Crippen molar-refractivity contribution in [3.8, 4) is 11.5 Å². The number of oxazole rings is 1. The minimum absolute atomic E-state index is 0.0273. The van der Waals surface area contributed by atoms with Crippen molar-refractivity contribution in [3.63, 3.8) is 0 Å². The van der Waals surface area contributed by atoms with Crippen LogP contribution in [0.3, 0.4) is 0 Å². The number of nitrogens with one attached hydrogen (secondary N) is 1. The first-order chi connectivity index (χ1) is 14.6. The molecule has 0 saturated carbocycles. The Morgan fingerprint density at radius 3 is 2.29 bits per heavy atom. The van der Waals surface area contributed by atoms with Crippen molar-refractivity contribution in [1.82, 2.24) is 15.2 Å². The Morgan fingerprint density at radius 1 is 1.10 bits per heavy atom. The van der Waals surface area contributed by atoms with Gasteiger partial charge in [0, 0.05) is 42.5 Å². The zero-order valence-electron chi connectivity index (χ0n) is 19.7. The van der Waals surface area contributed by atoms with Gasteiger partial charge in [-0.2, -0.15) is 0 Å². The predicted octanol–water partition coefficient (Wildman–Crippen LogP) is 3.94. The largest absolute Gasteiger partial charge is 0.441 e. The Kier molecular flexibility index (Phi) is 9.91. The molecule has 1 atom stereocenters. The fraction of sp³-hybridized carbons (Fsp3) is 0.583. The van der Waals surface area contributed by atoms with E-state index in [1.807, 2.05) is 38.1 Å². The highest BCUT2D eigenvalue weighted by Gasteiger charge is 2.16. The SMILES string of the molecule is Cc1ccc(-c2nc(C[S@@](=O)CC(=O)NCCN(CC(C)C)CC(C)C)c(C)o2)cc1. The van der Waals surface area contributed by atoms with Crippen LogP contribution in [0, 0.1) is 25.7 Å². The highest BCUT2D eigenvalue weighted by atomic mass is 32.2. The Balaban J connectivity index is 1.82. The molecule has 2 aromatic rings. The molecule has 0 aliphatic rings. The molecule has 6 nitrogen and oxygen atoms in total. The highest BCUT2D eigenvalue weighted by Crippen LogP contribution is 2.22. The third kappa shape index (κ3) is 8.95. The van der Waals surface area contributed by atoms with E-state index in [1.165, 1.54) is 0 Å².